The fraction of sp³-hybridized carbons (Fsp3) is 0.296. The van der Waals surface area contributed by atoms with E-state index < -0.39 is 7.26 Å². The van der Waals surface area contributed by atoms with Crippen LogP contribution in [0.25, 0.3) is 0 Å². The number of ketones is 1. The average Bonchev–Trinajstić information content (AvgIpc) is 2.80. The first-order valence-electron chi connectivity index (χ1n) is 10.9. The van der Waals surface area contributed by atoms with E-state index in [9.17, 15) is 4.79 Å². The Hall–Kier alpha value is -2.24. The van der Waals surface area contributed by atoms with Gasteiger partial charge in [0.1, 0.15) is 29.0 Å². The molecule has 0 N–H and O–H groups in total. The SMILES string of the molecule is O=C1CCCCC1CCC[P+](c1ccccc1)(c1ccccc1)c1ccccc1. The third kappa shape index (κ3) is 4.36. The summed E-state index contributed by atoms with van der Waals surface area (Å²) in [6, 6.07) is 33.2. The van der Waals surface area contributed by atoms with Crippen LogP contribution < -0.4 is 15.9 Å². The number of hydrogen-bond donors (Lipinski definition) is 0. The molecule has 3 aromatic carbocycles. The normalized spacial score (nSPS) is 17.2. The van der Waals surface area contributed by atoms with E-state index in [-0.39, 0.29) is 5.92 Å². The molecule has 0 aliphatic heterocycles. The molecule has 1 aliphatic rings. The zero-order valence-corrected chi connectivity index (χ0v) is 17.9. The molecule has 2 heteroatoms. The number of rotatable bonds is 7. The lowest BCUT2D eigenvalue weighted by molar-refractivity contribution is -0.124. The largest absolute Gasteiger partial charge is 0.299 e. The Morgan fingerprint density at radius 2 is 1.17 bits per heavy atom. The van der Waals surface area contributed by atoms with E-state index >= 15 is 0 Å². The molecule has 0 bridgehead atoms. The van der Waals surface area contributed by atoms with Crippen LogP contribution in [0.1, 0.15) is 38.5 Å². The molecule has 29 heavy (non-hydrogen) atoms. The molecule has 4 rings (SSSR count). The van der Waals surface area contributed by atoms with Gasteiger partial charge in [0.2, 0.25) is 0 Å². The Morgan fingerprint density at radius 3 is 1.62 bits per heavy atom. The standard InChI is InChI=1S/C27H30OP/c28-27-21-11-10-13-23(27)14-12-22-29(24-15-4-1-5-16-24,25-17-6-2-7-18-25)26-19-8-3-9-20-26/h1-9,15-20,23H,10-14,21-22H2/q+1. The van der Waals surface area contributed by atoms with Gasteiger partial charge >= 0.3 is 0 Å². The molecule has 0 aromatic heterocycles. The van der Waals surface area contributed by atoms with Gasteiger partial charge in [0.25, 0.3) is 0 Å². The van der Waals surface area contributed by atoms with Gasteiger partial charge in [0, 0.05) is 12.3 Å². The molecule has 1 aliphatic carbocycles. The highest BCUT2D eigenvalue weighted by Crippen LogP contribution is 2.56. The van der Waals surface area contributed by atoms with Crippen molar-refractivity contribution in [1.29, 1.82) is 0 Å². The third-order valence-corrected chi connectivity index (χ3v) is 10.8. The van der Waals surface area contributed by atoms with Gasteiger partial charge in [-0.15, -0.1) is 0 Å². The fourth-order valence-corrected chi connectivity index (χ4v) is 9.19. The van der Waals surface area contributed by atoms with Crippen molar-refractivity contribution in [3.63, 3.8) is 0 Å². The first kappa shape index (κ1) is 20.0. The second-order valence-corrected chi connectivity index (χ2v) is 11.7. The predicted molar refractivity (Wildman–Crippen MR) is 126 cm³/mol. The minimum Gasteiger partial charge on any atom is -0.299 e. The fourth-order valence-electron chi connectivity index (χ4n) is 4.82. The molecule has 1 atom stereocenters. The number of hydrogen-bond acceptors (Lipinski definition) is 1. The molecular weight excluding hydrogens is 371 g/mol. The molecule has 0 saturated heterocycles. The minimum absolute atomic E-state index is 0.285. The van der Waals surface area contributed by atoms with Crippen molar-refractivity contribution in [3.05, 3.63) is 91.0 Å². The summed E-state index contributed by atoms with van der Waals surface area (Å²) in [5, 5.41) is 4.31. The van der Waals surface area contributed by atoms with Crippen molar-refractivity contribution in [3.8, 4) is 0 Å². The van der Waals surface area contributed by atoms with E-state index in [1.54, 1.807) is 0 Å². The van der Waals surface area contributed by atoms with Crippen molar-refractivity contribution in [2.24, 2.45) is 5.92 Å². The van der Waals surface area contributed by atoms with E-state index in [0.29, 0.717) is 5.78 Å². The van der Waals surface area contributed by atoms with Crippen LogP contribution in [0.3, 0.4) is 0 Å². The van der Waals surface area contributed by atoms with Gasteiger partial charge in [-0.1, -0.05) is 61.0 Å². The zero-order valence-electron chi connectivity index (χ0n) is 17.0. The Balaban J connectivity index is 1.72. The Labute approximate surface area is 175 Å². The van der Waals surface area contributed by atoms with E-state index in [4.69, 9.17) is 0 Å². The van der Waals surface area contributed by atoms with Crippen LogP contribution >= 0.6 is 7.26 Å². The van der Waals surface area contributed by atoms with Crippen LogP contribution in [0.15, 0.2) is 91.0 Å². The highest BCUT2D eigenvalue weighted by Gasteiger charge is 2.44. The first-order valence-corrected chi connectivity index (χ1v) is 12.9. The smallest absolute Gasteiger partial charge is 0.135 e. The summed E-state index contributed by atoms with van der Waals surface area (Å²) in [7, 11) is -1.75. The quantitative estimate of drug-likeness (QED) is 0.477. The van der Waals surface area contributed by atoms with Crippen LogP contribution in [-0.2, 0) is 4.79 Å². The van der Waals surface area contributed by atoms with Gasteiger partial charge in [-0.3, -0.25) is 4.79 Å². The van der Waals surface area contributed by atoms with E-state index in [0.717, 1.165) is 38.3 Å². The lowest BCUT2D eigenvalue weighted by atomic mass is 9.85. The highest BCUT2D eigenvalue weighted by molar-refractivity contribution is 7.95. The molecule has 0 radical (unpaired) electrons. The van der Waals surface area contributed by atoms with Gasteiger partial charge in [-0.25, -0.2) is 0 Å². The van der Waals surface area contributed by atoms with Gasteiger partial charge in [0.15, 0.2) is 0 Å². The molecule has 1 nitrogen and oxygen atoms in total. The van der Waals surface area contributed by atoms with E-state index in [1.165, 1.54) is 22.3 Å². The lowest BCUT2D eigenvalue weighted by Crippen LogP contribution is -2.33. The van der Waals surface area contributed by atoms with Crippen LogP contribution in [0.4, 0.5) is 0 Å². The minimum atomic E-state index is -1.75. The molecule has 1 fully saturated rings. The topological polar surface area (TPSA) is 17.1 Å². The van der Waals surface area contributed by atoms with Crippen molar-refractivity contribution >= 4 is 29.0 Å². The van der Waals surface area contributed by atoms with Crippen molar-refractivity contribution in [2.45, 2.75) is 38.5 Å². The average molecular weight is 402 g/mol. The van der Waals surface area contributed by atoms with E-state index in [2.05, 4.69) is 91.0 Å². The van der Waals surface area contributed by atoms with Crippen LogP contribution in [0.5, 0.6) is 0 Å². The molecule has 0 heterocycles. The summed E-state index contributed by atoms with van der Waals surface area (Å²) in [6.07, 6.45) is 7.44. The molecule has 3 aromatic rings. The molecule has 0 amide bonds. The number of benzene rings is 3. The van der Waals surface area contributed by atoms with Gasteiger partial charge < -0.3 is 0 Å². The van der Waals surface area contributed by atoms with Crippen molar-refractivity contribution in [1.82, 2.24) is 0 Å². The van der Waals surface area contributed by atoms with E-state index in [1.807, 2.05) is 0 Å². The molecular formula is C27H30OP+. The molecule has 148 valence electrons. The van der Waals surface area contributed by atoms with Crippen molar-refractivity contribution < 1.29 is 4.79 Å². The van der Waals surface area contributed by atoms with Gasteiger partial charge in [-0.2, -0.15) is 0 Å². The molecule has 0 spiro atoms. The predicted octanol–water partition coefficient (Wildman–Crippen LogP) is 5.52. The third-order valence-electron chi connectivity index (χ3n) is 6.32. The summed E-state index contributed by atoms with van der Waals surface area (Å²) in [4.78, 5) is 12.4. The van der Waals surface area contributed by atoms with Crippen molar-refractivity contribution in [2.75, 3.05) is 6.16 Å². The maximum atomic E-state index is 12.4. The summed E-state index contributed by atoms with van der Waals surface area (Å²) >= 11 is 0. The number of Topliss-reactive ketones (excluding diaryl/α,β-unsaturated/α-hetero) is 1. The second kappa shape index (κ2) is 9.51. The summed E-state index contributed by atoms with van der Waals surface area (Å²) in [6.45, 7) is 0. The zero-order chi connectivity index (χ0) is 19.9. The van der Waals surface area contributed by atoms with Crippen LogP contribution in [-0.4, -0.2) is 11.9 Å². The Bertz CT molecular complexity index is 808. The van der Waals surface area contributed by atoms with Crippen LogP contribution in [0, 0.1) is 5.92 Å². The Morgan fingerprint density at radius 1 is 0.690 bits per heavy atom. The van der Waals surface area contributed by atoms with Gasteiger partial charge in [0.05, 0.1) is 6.16 Å². The Kier molecular flexibility index (Phi) is 6.57. The molecule has 1 unspecified atom stereocenters. The number of carbonyl (C=O) groups is 1. The lowest BCUT2D eigenvalue weighted by Gasteiger charge is -2.28. The second-order valence-electron chi connectivity index (χ2n) is 8.09. The maximum absolute atomic E-state index is 12.4. The van der Waals surface area contributed by atoms with Gasteiger partial charge in [-0.05, 0) is 62.1 Å². The molecule has 1 saturated carbocycles. The number of carbonyl (C=O) groups excluding carboxylic acids is 1. The first-order chi connectivity index (χ1) is 14.3. The maximum Gasteiger partial charge on any atom is 0.135 e. The van der Waals surface area contributed by atoms with Crippen LogP contribution in [0.2, 0.25) is 0 Å². The summed E-state index contributed by atoms with van der Waals surface area (Å²) in [5.74, 6) is 0.785. The monoisotopic (exact) mass is 401 g/mol. The highest BCUT2D eigenvalue weighted by atomic mass is 31.2. The summed E-state index contributed by atoms with van der Waals surface area (Å²) < 4.78 is 0. The summed E-state index contributed by atoms with van der Waals surface area (Å²) in [5.41, 5.74) is 0.